The number of methoxy groups -OCH3 is 1. The van der Waals surface area contributed by atoms with Crippen LogP contribution in [0, 0.1) is 0 Å². The molecule has 0 bridgehead atoms. The second kappa shape index (κ2) is 13.5. The van der Waals surface area contributed by atoms with Crippen LogP contribution < -0.4 is 14.2 Å². The fourth-order valence-electron chi connectivity index (χ4n) is 4.69. The van der Waals surface area contributed by atoms with E-state index in [-0.39, 0.29) is 31.1 Å². The van der Waals surface area contributed by atoms with Gasteiger partial charge in [0.05, 0.1) is 18.7 Å². The Kier molecular flexibility index (Phi) is 9.62. The lowest BCUT2D eigenvalue weighted by Gasteiger charge is -2.32. The van der Waals surface area contributed by atoms with Crippen molar-refractivity contribution in [2.45, 2.75) is 31.7 Å². The molecule has 1 heterocycles. The van der Waals surface area contributed by atoms with Gasteiger partial charge in [0.1, 0.15) is 12.4 Å². The van der Waals surface area contributed by atoms with Crippen LogP contribution in [0.4, 0.5) is 0 Å². The number of hydrogen-bond acceptors (Lipinski definition) is 5. The van der Waals surface area contributed by atoms with E-state index in [4.69, 9.17) is 14.2 Å². The van der Waals surface area contributed by atoms with Gasteiger partial charge >= 0.3 is 0 Å². The SMILES string of the molecule is COc1ccccc1OCC(=O)N1CCCCCN(C)C(=O)c2ccccc2OC[C@@H]1Cc1ccccc1. The first-order chi connectivity index (χ1) is 18.6. The molecule has 1 atom stereocenters. The maximum absolute atomic E-state index is 13.6. The van der Waals surface area contributed by atoms with Gasteiger partial charge < -0.3 is 24.0 Å². The van der Waals surface area contributed by atoms with Crippen molar-refractivity contribution in [1.82, 2.24) is 9.80 Å². The summed E-state index contributed by atoms with van der Waals surface area (Å²) in [7, 11) is 3.40. The van der Waals surface area contributed by atoms with Gasteiger partial charge in [0.15, 0.2) is 18.1 Å². The van der Waals surface area contributed by atoms with Crippen LogP contribution in [0.15, 0.2) is 78.9 Å². The Labute approximate surface area is 224 Å². The van der Waals surface area contributed by atoms with Crippen LogP contribution in [0.5, 0.6) is 17.2 Å². The monoisotopic (exact) mass is 516 g/mol. The van der Waals surface area contributed by atoms with Crippen molar-refractivity contribution in [3.05, 3.63) is 90.0 Å². The third-order valence-corrected chi connectivity index (χ3v) is 6.78. The Hall–Kier alpha value is -4.00. The van der Waals surface area contributed by atoms with Crippen molar-refractivity contribution >= 4 is 11.8 Å². The average Bonchev–Trinajstić information content (AvgIpc) is 2.96. The van der Waals surface area contributed by atoms with Crippen molar-refractivity contribution in [3.8, 4) is 17.2 Å². The molecule has 200 valence electrons. The number of fused-ring (bicyclic) bond motifs is 1. The summed E-state index contributed by atoms with van der Waals surface area (Å²) in [5.41, 5.74) is 1.64. The van der Waals surface area contributed by atoms with E-state index in [2.05, 4.69) is 12.1 Å². The first kappa shape index (κ1) is 27.0. The van der Waals surface area contributed by atoms with Crippen LogP contribution >= 0.6 is 0 Å². The smallest absolute Gasteiger partial charge is 0.260 e. The average molecular weight is 517 g/mol. The molecule has 0 radical (unpaired) electrons. The number of benzene rings is 3. The van der Waals surface area contributed by atoms with E-state index in [1.807, 2.05) is 60.5 Å². The fraction of sp³-hybridized carbons (Fsp3) is 0.355. The highest BCUT2D eigenvalue weighted by Gasteiger charge is 2.27. The zero-order chi connectivity index (χ0) is 26.7. The molecule has 3 aromatic rings. The summed E-state index contributed by atoms with van der Waals surface area (Å²) in [6.45, 7) is 1.37. The molecule has 0 aliphatic carbocycles. The molecule has 0 N–H and O–H groups in total. The number of rotatable bonds is 6. The molecule has 0 spiro atoms. The Morgan fingerprint density at radius 1 is 0.895 bits per heavy atom. The summed E-state index contributed by atoms with van der Waals surface area (Å²) < 4.78 is 17.6. The summed E-state index contributed by atoms with van der Waals surface area (Å²) in [5.74, 6) is 1.47. The number of amides is 2. The molecule has 0 fully saturated rings. The number of ether oxygens (including phenoxy) is 3. The standard InChI is InChI=1S/C31H36N2O5/c1-32-19-11-4-12-20-33(30(34)23-38-29-18-10-9-17-28(29)36-2)25(21-24-13-5-3-6-14-24)22-37-27-16-8-7-15-26(27)31(32)35/h3,5-10,13-18,25H,4,11-12,19-23H2,1-2H3/t25-/m0/s1. The molecule has 1 aliphatic heterocycles. The Morgan fingerprint density at radius 3 is 2.37 bits per heavy atom. The van der Waals surface area contributed by atoms with Crippen LogP contribution in [0.2, 0.25) is 0 Å². The van der Waals surface area contributed by atoms with Crippen LogP contribution in [-0.4, -0.2) is 68.1 Å². The summed E-state index contributed by atoms with van der Waals surface area (Å²) in [5, 5.41) is 0. The zero-order valence-electron chi connectivity index (χ0n) is 22.2. The quantitative estimate of drug-likeness (QED) is 0.469. The van der Waals surface area contributed by atoms with Crippen LogP contribution in [-0.2, 0) is 11.2 Å². The number of para-hydroxylation sites is 3. The second-order valence-corrected chi connectivity index (χ2v) is 9.46. The first-order valence-corrected chi connectivity index (χ1v) is 13.1. The predicted octanol–water partition coefficient (Wildman–Crippen LogP) is 4.85. The molecule has 0 saturated carbocycles. The van der Waals surface area contributed by atoms with Crippen molar-refractivity contribution in [2.24, 2.45) is 0 Å². The molecule has 0 aromatic heterocycles. The molecule has 7 heteroatoms. The molecule has 0 unspecified atom stereocenters. The number of carbonyl (C=O) groups is 2. The maximum Gasteiger partial charge on any atom is 0.260 e. The van der Waals surface area contributed by atoms with Crippen molar-refractivity contribution in [2.75, 3.05) is 40.5 Å². The lowest BCUT2D eigenvalue weighted by Crippen LogP contribution is -2.47. The number of carbonyl (C=O) groups excluding carboxylic acids is 2. The van der Waals surface area contributed by atoms with Crippen molar-refractivity contribution in [3.63, 3.8) is 0 Å². The molecular weight excluding hydrogens is 480 g/mol. The normalized spacial score (nSPS) is 16.8. The maximum atomic E-state index is 13.6. The van der Waals surface area contributed by atoms with Gasteiger partial charge in [0, 0.05) is 20.1 Å². The lowest BCUT2D eigenvalue weighted by molar-refractivity contribution is -0.136. The molecule has 2 amide bonds. The van der Waals surface area contributed by atoms with Gasteiger partial charge in [0.2, 0.25) is 0 Å². The van der Waals surface area contributed by atoms with Gasteiger partial charge in [-0.05, 0) is 55.5 Å². The van der Waals surface area contributed by atoms with E-state index in [1.54, 1.807) is 30.2 Å². The lowest BCUT2D eigenvalue weighted by atomic mass is 10.0. The van der Waals surface area contributed by atoms with E-state index >= 15 is 0 Å². The first-order valence-electron chi connectivity index (χ1n) is 13.1. The van der Waals surface area contributed by atoms with Gasteiger partial charge in [0.25, 0.3) is 11.8 Å². The molecule has 38 heavy (non-hydrogen) atoms. The number of hydrogen-bond donors (Lipinski definition) is 0. The fourth-order valence-corrected chi connectivity index (χ4v) is 4.69. The Bertz CT molecular complexity index is 1200. The van der Waals surface area contributed by atoms with Crippen LogP contribution in [0.1, 0.15) is 35.2 Å². The third kappa shape index (κ3) is 7.06. The third-order valence-electron chi connectivity index (χ3n) is 6.78. The highest BCUT2D eigenvalue weighted by atomic mass is 16.5. The molecule has 4 rings (SSSR count). The minimum absolute atomic E-state index is 0.0578. The molecular formula is C31H36N2O5. The van der Waals surface area contributed by atoms with Gasteiger partial charge in [-0.3, -0.25) is 9.59 Å². The van der Waals surface area contributed by atoms with E-state index in [1.165, 1.54) is 0 Å². The predicted molar refractivity (Wildman–Crippen MR) is 147 cm³/mol. The molecule has 3 aromatic carbocycles. The largest absolute Gasteiger partial charge is 0.493 e. The van der Waals surface area contributed by atoms with Gasteiger partial charge in [-0.2, -0.15) is 0 Å². The highest BCUT2D eigenvalue weighted by molar-refractivity contribution is 5.96. The van der Waals surface area contributed by atoms with E-state index in [0.29, 0.717) is 42.3 Å². The van der Waals surface area contributed by atoms with Crippen molar-refractivity contribution in [1.29, 1.82) is 0 Å². The van der Waals surface area contributed by atoms with Crippen LogP contribution in [0.3, 0.4) is 0 Å². The van der Waals surface area contributed by atoms with Gasteiger partial charge in [-0.15, -0.1) is 0 Å². The van der Waals surface area contributed by atoms with Gasteiger partial charge in [-0.25, -0.2) is 0 Å². The number of nitrogens with zero attached hydrogens (tertiary/aromatic N) is 2. The van der Waals surface area contributed by atoms with Crippen molar-refractivity contribution < 1.29 is 23.8 Å². The zero-order valence-corrected chi connectivity index (χ0v) is 22.2. The molecule has 7 nitrogen and oxygen atoms in total. The van der Waals surface area contributed by atoms with Gasteiger partial charge in [-0.1, -0.05) is 54.6 Å². The minimum Gasteiger partial charge on any atom is -0.493 e. The second-order valence-electron chi connectivity index (χ2n) is 9.46. The van der Waals surface area contributed by atoms with E-state index in [9.17, 15) is 9.59 Å². The van der Waals surface area contributed by atoms with E-state index < -0.39 is 0 Å². The Balaban J connectivity index is 1.60. The highest BCUT2D eigenvalue weighted by Crippen LogP contribution is 2.26. The van der Waals surface area contributed by atoms with E-state index in [0.717, 1.165) is 24.8 Å². The molecule has 1 aliphatic rings. The minimum atomic E-state index is -0.243. The topological polar surface area (TPSA) is 68.3 Å². The van der Waals surface area contributed by atoms with Crippen LogP contribution in [0.25, 0.3) is 0 Å². The Morgan fingerprint density at radius 2 is 1.58 bits per heavy atom. The summed E-state index contributed by atoms with van der Waals surface area (Å²) in [6, 6.07) is 24.5. The summed E-state index contributed by atoms with van der Waals surface area (Å²) >= 11 is 0. The summed E-state index contributed by atoms with van der Waals surface area (Å²) in [4.78, 5) is 30.4. The molecule has 0 saturated heterocycles. The summed E-state index contributed by atoms with van der Waals surface area (Å²) in [6.07, 6.45) is 3.20.